The number of aliphatic hydroxyl groups is 3. The molecule has 5 N–H and O–H groups in total. The molecule has 0 aliphatic carbocycles. The van der Waals surface area contributed by atoms with Crippen molar-refractivity contribution in [1.29, 1.82) is 0 Å². The molecular formula is C32H45BN2O10. The van der Waals surface area contributed by atoms with Crippen LogP contribution in [-0.2, 0) is 20.9 Å². The van der Waals surface area contributed by atoms with Crippen molar-refractivity contribution in [1.82, 2.24) is 5.32 Å². The van der Waals surface area contributed by atoms with Crippen molar-refractivity contribution < 1.29 is 49.0 Å². The Hall–Kier alpha value is -3.52. The number of hydrogen-bond donors (Lipinski definition) is 5. The van der Waals surface area contributed by atoms with Crippen LogP contribution >= 0.6 is 0 Å². The van der Waals surface area contributed by atoms with Crippen LogP contribution in [0.4, 0.5) is 4.79 Å². The molecule has 1 aliphatic rings. The maximum absolute atomic E-state index is 13.2. The van der Waals surface area contributed by atoms with E-state index in [1.165, 1.54) is 29.3 Å². The number of carboxylic acids is 1. The van der Waals surface area contributed by atoms with Crippen molar-refractivity contribution in [3.63, 3.8) is 0 Å². The van der Waals surface area contributed by atoms with Gasteiger partial charge in [-0.15, -0.1) is 0 Å². The highest BCUT2D eigenvalue weighted by Gasteiger charge is 2.48. The molecule has 0 aromatic heterocycles. The first-order valence-electron chi connectivity index (χ1n) is 15.1. The topological polar surface area (TPSA) is 184 Å². The third kappa shape index (κ3) is 12.8. The van der Waals surface area contributed by atoms with Crippen LogP contribution in [0.5, 0.6) is 5.75 Å². The number of nitrogens with zero attached hydrogens (tertiary/aromatic N) is 1. The average Bonchev–Trinajstić information content (AvgIpc) is 2.99. The Morgan fingerprint density at radius 2 is 1.73 bits per heavy atom. The summed E-state index contributed by atoms with van der Waals surface area (Å²) in [7, 11) is 5.04. The van der Waals surface area contributed by atoms with Gasteiger partial charge in [-0.25, -0.2) is 4.79 Å². The molecule has 2 rings (SSSR count). The van der Waals surface area contributed by atoms with Crippen LogP contribution in [0.2, 0.25) is 0 Å². The lowest BCUT2D eigenvalue weighted by Crippen LogP contribution is -2.61. The SMILES string of the molecule is [B]C(=O)OCc1ccc(O[C@@H]2O[C@H](C(=O)O)[C@@H](O)[C@H](O)[C@H]2O)c(C(=O)NCCCN=C(C)CC/C(C)=C/CC/C(C)=C/CC)c1. The Morgan fingerprint density at radius 1 is 1.02 bits per heavy atom. The number of aliphatic imine (C=N–C) groups is 1. The lowest BCUT2D eigenvalue weighted by molar-refractivity contribution is -0.271. The summed E-state index contributed by atoms with van der Waals surface area (Å²) in [4.78, 5) is 40.3. The number of carbonyl (C=O) groups is 3. The molecule has 246 valence electrons. The molecular weight excluding hydrogens is 583 g/mol. The molecule has 1 amide bonds. The van der Waals surface area contributed by atoms with E-state index in [0.717, 1.165) is 37.8 Å². The predicted molar refractivity (Wildman–Crippen MR) is 169 cm³/mol. The van der Waals surface area contributed by atoms with Gasteiger partial charge in [0.15, 0.2) is 6.10 Å². The van der Waals surface area contributed by atoms with Gasteiger partial charge in [0.25, 0.3) is 5.91 Å². The zero-order valence-corrected chi connectivity index (χ0v) is 26.4. The van der Waals surface area contributed by atoms with E-state index >= 15 is 0 Å². The van der Waals surface area contributed by atoms with Crippen molar-refractivity contribution in [3.05, 3.63) is 52.6 Å². The number of hydrogen-bond acceptors (Lipinski definition) is 10. The van der Waals surface area contributed by atoms with Gasteiger partial charge in [0, 0.05) is 18.8 Å². The normalized spacial score (nSPS) is 22.6. The minimum atomic E-state index is -1.90. The average molecular weight is 629 g/mol. The number of amides is 1. The largest absolute Gasteiger partial charge is 0.479 e. The first kappa shape index (κ1) is 37.7. The van der Waals surface area contributed by atoms with Crippen molar-refractivity contribution in [2.24, 2.45) is 4.99 Å². The van der Waals surface area contributed by atoms with Crippen LogP contribution in [-0.4, -0.2) is 95.5 Å². The summed E-state index contributed by atoms with van der Waals surface area (Å²) in [6.45, 7) is 8.95. The number of aliphatic carboxylic acids is 1. The summed E-state index contributed by atoms with van der Waals surface area (Å²) < 4.78 is 15.6. The van der Waals surface area contributed by atoms with Gasteiger partial charge >= 0.3 is 5.97 Å². The fourth-order valence-corrected chi connectivity index (χ4v) is 4.58. The van der Waals surface area contributed by atoms with Gasteiger partial charge in [0.2, 0.25) is 20.0 Å². The number of ether oxygens (including phenoxy) is 3. The van der Waals surface area contributed by atoms with Crippen LogP contribution < -0.4 is 10.1 Å². The quantitative estimate of drug-likeness (QED) is 0.0743. The van der Waals surface area contributed by atoms with Crippen LogP contribution in [0.15, 0.2) is 46.5 Å². The maximum Gasteiger partial charge on any atom is 0.335 e. The minimum Gasteiger partial charge on any atom is -0.479 e. The summed E-state index contributed by atoms with van der Waals surface area (Å²) in [5.74, 6) is -3.27. The van der Waals surface area contributed by atoms with Gasteiger partial charge in [-0.05, 0) is 77.0 Å². The molecule has 0 saturated carbocycles. The van der Waals surface area contributed by atoms with Gasteiger partial charge < -0.3 is 40.0 Å². The predicted octanol–water partition coefficient (Wildman–Crippen LogP) is 3.21. The first-order valence-corrected chi connectivity index (χ1v) is 15.1. The Labute approximate surface area is 265 Å². The molecule has 1 aromatic rings. The maximum atomic E-state index is 13.2. The zero-order valence-electron chi connectivity index (χ0n) is 26.4. The molecule has 1 saturated heterocycles. The second-order valence-corrected chi connectivity index (χ2v) is 11.1. The van der Waals surface area contributed by atoms with E-state index in [1.54, 1.807) is 0 Å². The van der Waals surface area contributed by atoms with Gasteiger partial charge in [-0.2, -0.15) is 0 Å². The number of rotatable bonds is 17. The summed E-state index contributed by atoms with van der Waals surface area (Å²) in [6, 6.07) is 4.18. The second kappa shape index (κ2) is 19.1. The smallest absolute Gasteiger partial charge is 0.335 e. The Bertz CT molecular complexity index is 1250. The number of carboxylic acid groups (broad SMARTS) is 1. The van der Waals surface area contributed by atoms with Crippen molar-refractivity contribution in [3.8, 4) is 5.75 Å². The van der Waals surface area contributed by atoms with E-state index in [-0.39, 0.29) is 24.5 Å². The zero-order chi connectivity index (χ0) is 33.5. The minimum absolute atomic E-state index is 0.0359. The summed E-state index contributed by atoms with van der Waals surface area (Å²) in [5, 5.41) is 42.5. The number of carbonyl (C=O) groups excluding carboxylic acids is 2. The second-order valence-electron chi connectivity index (χ2n) is 11.1. The fraction of sp³-hybridized carbons (Fsp3) is 0.562. The molecule has 12 nitrogen and oxygen atoms in total. The monoisotopic (exact) mass is 628 g/mol. The first-order chi connectivity index (χ1) is 21.3. The fourth-order valence-electron chi connectivity index (χ4n) is 4.58. The molecule has 0 unspecified atom stereocenters. The molecule has 13 heteroatoms. The number of aliphatic hydroxyl groups excluding tert-OH is 3. The molecule has 1 fully saturated rings. The lowest BCUT2D eigenvalue weighted by Gasteiger charge is -2.38. The standard InChI is InChI=1S/C32H45BN2O10/c1-5-8-19(2)9-6-10-20(3)11-12-21(4)34-15-7-16-35-29(39)23-17-22(18-43-32(33)42)13-14-24(23)44-31-27(38)25(36)26(37)28(45-31)30(40)41/h8,10,13-14,17,25-28,31,36-38H,5-7,9,11-12,15-16,18H2,1-4H3,(H,35,39)(H,40,41)/b19-8+,20-10+,34-21?/t25-,26-,27+,28-,31+/m0/s1. The molecule has 1 heterocycles. The Morgan fingerprint density at radius 3 is 2.40 bits per heavy atom. The third-order valence-electron chi connectivity index (χ3n) is 7.19. The van der Waals surface area contributed by atoms with Gasteiger partial charge in [0.1, 0.15) is 30.7 Å². The third-order valence-corrected chi connectivity index (χ3v) is 7.19. The Kier molecular flexibility index (Phi) is 16.0. The van der Waals surface area contributed by atoms with E-state index in [9.17, 15) is 34.8 Å². The van der Waals surface area contributed by atoms with Crippen molar-refractivity contribution in [2.45, 2.75) is 104 Å². The Balaban J connectivity index is 1.99. The molecule has 2 radical (unpaired) electrons. The number of benzene rings is 1. The summed E-state index contributed by atoms with van der Waals surface area (Å²) >= 11 is 0. The van der Waals surface area contributed by atoms with Crippen LogP contribution in [0.25, 0.3) is 0 Å². The van der Waals surface area contributed by atoms with Crippen molar-refractivity contribution >= 4 is 31.3 Å². The van der Waals surface area contributed by atoms with Gasteiger partial charge in [-0.3, -0.25) is 14.6 Å². The molecule has 5 atom stereocenters. The van der Waals surface area contributed by atoms with E-state index in [0.29, 0.717) is 18.5 Å². The highest BCUT2D eigenvalue weighted by molar-refractivity contribution is 6.55. The highest BCUT2D eigenvalue weighted by Crippen LogP contribution is 2.28. The molecule has 0 bridgehead atoms. The van der Waals surface area contributed by atoms with E-state index < -0.39 is 48.5 Å². The molecule has 1 aliphatic heterocycles. The summed E-state index contributed by atoms with van der Waals surface area (Å²) in [6.07, 6.45) is 0.811. The molecule has 1 aromatic carbocycles. The van der Waals surface area contributed by atoms with Crippen LogP contribution in [0, 0.1) is 0 Å². The van der Waals surface area contributed by atoms with Crippen molar-refractivity contribution in [2.75, 3.05) is 13.1 Å². The lowest BCUT2D eigenvalue weighted by atomic mass is 9.99. The molecule has 45 heavy (non-hydrogen) atoms. The van der Waals surface area contributed by atoms with E-state index in [2.05, 4.69) is 43.2 Å². The van der Waals surface area contributed by atoms with E-state index in [1.807, 2.05) is 6.92 Å². The molecule has 0 spiro atoms. The number of nitrogens with one attached hydrogen (secondary N) is 1. The van der Waals surface area contributed by atoms with Crippen LogP contribution in [0.1, 0.15) is 82.1 Å². The van der Waals surface area contributed by atoms with Gasteiger partial charge in [-0.1, -0.05) is 36.3 Å². The summed E-state index contributed by atoms with van der Waals surface area (Å²) in [5.41, 5.74) is 4.12. The highest BCUT2D eigenvalue weighted by atomic mass is 16.7. The van der Waals surface area contributed by atoms with E-state index in [4.69, 9.17) is 22.1 Å². The van der Waals surface area contributed by atoms with Gasteiger partial charge in [0.05, 0.1) is 5.56 Å². The van der Waals surface area contributed by atoms with Crippen LogP contribution in [0.3, 0.4) is 0 Å². The number of allylic oxidation sites excluding steroid dienone is 4.